The van der Waals surface area contributed by atoms with Gasteiger partial charge in [0.15, 0.2) is 0 Å². The summed E-state index contributed by atoms with van der Waals surface area (Å²) < 4.78 is 33.1. The molecule has 0 aliphatic heterocycles. The van der Waals surface area contributed by atoms with E-state index in [1.165, 1.54) is 12.1 Å². The molecule has 1 N–H and O–H groups in total. The Morgan fingerprint density at radius 1 is 1.08 bits per heavy atom. The average molecular weight is 375 g/mol. The fraction of sp³-hybridized carbons (Fsp3) is 0.350. The zero-order chi connectivity index (χ0) is 19.0. The van der Waals surface area contributed by atoms with Gasteiger partial charge in [-0.3, -0.25) is 4.79 Å². The van der Waals surface area contributed by atoms with Crippen molar-refractivity contribution >= 4 is 16.0 Å². The summed E-state index contributed by atoms with van der Waals surface area (Å²) in [5.41, 5.74) is 1.82. The Morgan fingerprint density at radius 3 is 2.35 bits per heavy atom. The van der Waals surface area contributed by atoms with Crippen LogP contribution in [-0.2, 0) is 26.0 Å². The number of aryl methyl sites for hydroxylation is 1. The molecule has 0 fully saturated rings. The monoisotopic (exact) mass is 375 g/mol. The third-order valence-electron chi connectivity index (χ3n) is 3.94. The van der Waals surface area contributed by atoms with Crippen molar-refractivity contribution < 1.29 is 17.9 Å². The van der Waals surface area contributed by atoms with Gasteiger partial charge in [-0.25, -0.2) is 8.42 Å². The fourth-order valence-electron chi connectivity index (χ4n) is 2.41. The molecule has 0 spiro atoms. The van der Waals surface area contributed by atoms with Crippen molar-refractivity contribution in [2.75, 3.05) is 6.61 Å². The SMILES string of the molecule is CCCCOC(=O)[C@H](Cc1ccccc1)NS(=O)(=O)c1ccc(C)cc1. The van der Waals surface area contributed by atoms with Crippen molar-refractivity contribution in [3.05, 3.63) is 65.7 Å². The summed E-state index contributed by atoms with van der Waals surface area (Å²) in [7, 11) is -3.82. The third-order valence-corrected chi connectivity index (χ3v) is 5.43. The molecular weight excluding hydrogens is 350 g/mol. The molecule has 0 heterocycles. The topological polar surface area (TPSA) is 72.5 Å². The Morgan fingerprint density at radius 2 is 1.73 bits per heavy atom. The quantitative estimate of drug-likeness (QED) is 0.539. The highest BCUT2D eigenvalue weighted by Crippen LogP contribution is 2.13. The molecule has 0 aliphatic carbocycles. The number of benzene rings is 2. The normalized spacial score (nSPS) is 12.5. The molecule has 0 saturated carbocycles. The van der Waals surface area contributed by atoms with Crippen LogP contribution in [0.5, 0.6) is 0 Å². The molecule has 2 aromatic carbocycles. The van der Waals surface area contributed by atoms with Crippen molar-refractivity contribution in [1.29, 1.82) is 0 Å². The molecule has 0 amide bonds. The van der Waals surface area contributed by atoms with Gasteiger partial charge in [-0.2, -0.15) is 4.72 Å². The van der Waals surface area contributed by atoms with Gasteiger partial charge in [0.2, 0.25) is 10.0 Å². The standard InChI is InChI=1S/C20H25NO4S/c1-3-4-14-25-20(22)19(15-17-8-6-5-7-9-17)21-26(23,24)18-12-10-16(2)11-13-18/h5-13,19,21H,3-4,14-15H2,1-2H3/t19-/m0/s1. The molecule has 2 aromatic rings. The maximum absolute atomic E-state index is 12.7. The van der Waals surface area contributed by atoms with E-state index < -0.39 is 22.0 Å². The Balaban J connectivity index is 2.19. The minimum absolute atomic E-state index is 0.127. The van der Waals surface area contributed by atoms with Crippen molar-refractivity contribution in [2.45, 2.75) is 44.0 Å². The highest BCUT2D eigenvalue weighted by atomic mass is 32.2. The molecule has 0 radical (unpaired) electrons. The lowest BCUT2D eigenvalue weighted by molar-refractivity contribution is -0.145. The van der Waals surface area contributed by atoms with E-state index in [1.54, 1.807) is 12.1 Å². The lowest BCUT2D eigenvalue weighted by Crippen LogP contribution is -2.43. The van der Waals surface area contributed by atoms with Gasteiger partial charge in [0.25, 0.3) is 0 Å². The van der Waals surface area contributed by atoms with Crippen LogP contribution < -0.4 is 4.72 Å². The molecular formula is C20H25NO4S. The van der Waals surface area contributed by atoms with Crippen molar-refractivity contribution in [3.63, 3.8) is 0 Å². The van der Waals surface area contributed by atoms with Crippen LogP contribution >= 0.6 is 0 Å². The van der Waals surface area contributed by atoms with Gasteiger partial charge < -0.3 is 4.74 Å². The summed E-state index contributed by atoms with van der Waals surface area (Å²) in [6.45, 7) is 4.16. The summed E-state index contributed by atoms with van der Waals surface area (Å²) in [5.74, 6) is -0.557. The first-order valence-electron chi connectivity index (χ1n) is 8.72. The van der Waals surface area contributed by atoms with Gasteiger partial charge in [-0.05, 0) is 37.5 Å². The molecule has 0 aromatic heterocycles. The van der Waals surface area contributed by atoms with Crippen LogP contribution in [0.25, 0.3) is 0 Å². The Labute approximate surface area is 155 Å². The molecule has 0 saturated heterocycles. The predicted molar refractivity (Wildman–Crippen MR) is 101 cm³/mol. The average Bonchev–Trinajstić information content (AvgIpc) is 2.62. The molecule has 140 valence electrons. The smallest absolute Gasteiger partial charge is 0.324 e. The van der Waals surface area contributed by atoms with E-state index in [-0.39, 0.29) is 17.9 Å². The zero-order valence-corrected chi connectivity index (χ0v) is 16.0. The number of ether oxygens (including phenoxy) is 1. The van der Waals surface area contributed by atoms with Crippen LogP contribution in [-0.4, -0.2) is 27.0 Å². The van der Waals surface area contributed by atoms with Crippen LogP contribution in [0.2, 0.25) is 0 Å². The molecule has 0 unspecified atom stereocenters. The molecule has 0 aliphatic rings. The lowest BCUT2D eigenvalue weighted by atomic mass is 10.1. The number of hydrogen-bond donors (Lipinski definition) is 1. The molecule has 26 heavy (non-hydrogen) atoms. The van der Waals surface area contributed by atoms with E-state index in [2.05, 4.69) is 4.72 Å². The minimum atomic E-state index is -3.82. The molecule has 2 rings (SSSR count). The van der Waals surface area contributed by atoms with Crippen LogP contribution in [0, 0.1) is 6.92 Å². The van der Waals surface area contributed by atoms with Gasteiger partial charge in [-0.15, -0.1) is 0 Å². The highest BCUT2D eigenvalue weighted by Gasteiger charge is 2.27. The summed E-state index contributed by atoms with van der Waals surface area (Å²) in [6.07, 6.45) is 1.87. The van der Waals surface area contributed by atoms with Crippen LogP contribution in [0.1, 0.15) is 30.9 Å². The zero-order valence-electron chi connectivity index (χ0n) is 15.1. The van der Waals surface area contributed by atoms with Gasteiger partial charge in [0.1, 0.15) is 6.04 Å². The van der Waals surface area contributed by atoms with Crippen LogP contribution in [0.4, 0.5) is 0 Å². The predicted octanol–water partition coefficient (Wildman–Crippen LogP) is 3.23. The first-order valence-corrected chi connectivity index (χ1v) is 10.2. The van der Waals surface area contributed by atoms with Crippen molar-refractivity contribution in [3.8, 4) is 0 Å². The fourth-order valence-corrected chi connectivity index (χ4v) is 3.60. The van der Waals surface area contributed by atoms with Gasteiger partial charge in [-0.1, -0.05) is 61.4 Å². The molecule has 0 bridgehead atoms. The molecule has 5 nitrogen and oxygen atoms in total. The number of carbonyl (C=O) groups is 1. The number of unbranched alkanes of at least 4 members (excludes halogenated alkanes) is 1. The summed E-state index contributed by atoms with van der Waals surface area (Å²) in [6, 6.07) is 14.8. The highest BCUT2D eigenvalue weighted by molar-refractivity contribution is 7.89. The van der Waals surface area contributed by atoms with E-state index in [0.29, 0.717) is 0 Å². The summed E-state index contributed by atoms with van der Waals surface area (Å²) in [5, 5.41) is 0. The Kier molecular flexibility index (Phi) is 7.36. The number of rotatable bonds is 9. The second-order valence-electron chi connectivity index (χ2n) is 6.20. The lowest BCUT2D eigenvalue weighted by Gasteiger charge is -2.18. The van der Waals surface area contributed by atoms with Gasteiger partial charge in [0, 0.05) is 0 Å². The van der Waals surface area contributed by atoms with Crippen LogP contribution in [0.3, 0.4) is 0 Å². The van der Waals surface area contributed by atoms with E-state index in [9.17, 15) is 13.2 Å². The number of sulfonamides is 1. The largest absolute Gasteiger partial charge is 0.464 e. The number of hydrogen-bond acceptors (Lipinski definition) is 4. The van der Waals surface area contributed by atoms with Gasteiger partial charge in [0.05, 0.1) is 11.5 Å². The van der Waals surface area contributed by atoms with E-state index in [4.69, 9.17) is 4.74 Å². The maximum atomic E-state index is 12.7. The second-order valence-corrected chi connectivity index (χ2v) is 7.91. The van der Waals surface area contributed by atoms with Gasteiger partial charge >= 0.3 is 5.97 Å². The maximum Gasteiger partial charge on any atom is 0.324 e. The number of nitrogens with one attached hydrogen (secondary N) is 1. The van der Waals surface area contributed by atoms with E-state index >= 15 is 0 Å². The van der Waals surface area contributed by atoms with Crippen molar-refractivity contribution in [1.82, 2.24) is 4.72 Å². The molecule has 6 heteroatoms. The first kappa shape index (κ1) is 20.1. The number of carbonyl (C=O) groups excluding carboxylic acids is 1. The summed E-state index contributed by atoms with van der Waals surface area (Å²) >= 11 is 0. The second kappa shape index (κ2) is 9.50. The third kappa shape index (κ3) is 5.97. The van der Waals surface area contributed by atoms with Crippen LogP contribution in [0.15, 0.2) is 59.5 Å². The minimum Gasteiger partial charge on any atom is -0.464 e. The Bertz CT molecular complexity index is 801. The Hall–Kier alpha value is -2.18. The van der Waals surface area contributed by atoms with E-state index in [1.807, 2.05) is 44.2 Å². The molecule has 1 atom stereocenters. The summed E-state index contributed by atoms with van der Waals surface area (Å²) in [4.78, 5) is 12.6. The number of esters is 1. The van der Waals surface area contributed by atoms with E-state index in [0.717, 1.165) is 24.0 Å². The van der Waals surface area contributed by atoms with Crippen molar-refractivity contribution in [2.24, 2.45) is 0 Å². The first-order chi connectivity index (χ1) is 12.4.